The second-order valence-corrected chi connectivity index (χ2v) is 11.3. The second-order valence-electron chi connectivity index (χ2n) is 11.3. The van der Waals surface area contributed by atoms with Gasteiger partial charge in [0.25, 0.3) is 0 Å². The van der Waals surface area contributed by atoms with Crippen LogP contribution in [0, 0.1) is 6.92 Å². The minimum atomic E-state index is 0.992. The molecule has 3 heteroatoms. The monoisotopic (exact) mass is 549 g/mol. The number of rotatable bonds is 3. The summed E-state index contributed by atoms with van der Waals surface area (Å²) >= 11 is 0. The summed E-state index contributed by atoms with van der Waals surface area (Å²) in [6, 6.07) is 50.3. The van der Waals surface area contributed by atoms with Gasteiger partial charge < -0.3 is 8.97 Å². The van der Waals surface area contributed by atoms with Crippen LogP contribution in [0.2, 0.25) is 0 Å². The van der Waals surface area contributed by atoms with Gasteiger partial charge in [-0.15, -0.1) is 0 Å². The Labute approximate surface area is 248 Å². The number of hydrogen-bond donors (Lipinski definition) is 0. The lowest BCUT2D eigenvalue weighted by molar-refractivity contribution is 1.18. The Morgan fingerprint density at radius 3 is 1.86 bits per heavy atom. The predicted molar refractivity (Wildman–Crippen MR) is 180 cm³/mol. The summed E-state index contributed by atoms with van der Waals surface area (Å²) in [6.45, 7) is 2.18. The minimum absolute atomic E-state index is 0.992. The van der Waals surface area contributed by atoms with Crippen molar-refractivity contribution >= 4 is 49.3 Å². The van der Waals surface area contributed by atoms with E-state index < -0.39 is 0 Å². The number of benzene rings is 6. The maximum atomic E-state index is 4.91. The highest BCUT2D eigenvalue weighted by molar-refractivity contribution is 6.10. The average Bonchev–Trinajstić information content (AvgIpc) is 3.57. The molecule has 3 nitrogen and oxygen atoms in total. The lowest BCUT2D eigenvalue weighted by Gasteiger charge is -2.10. The Kier molecular flexibility index (Phi) is 5.11. The molecule has 0 saturated heterocycles. The first kappa shape index (κ1) is 24.0. The molecule has 0 fully saturated rings. The van der Waals surface area contributed by atoms with Crippen LogP contribution in [0.1, 0.15) is 5.56 Å². The first-order valence-electron chi connectivity index (χ1n) is 14.7. The van der Waals surface area contributed by atoms with E-state index in [2.05, 4.69) is 155 Å². The zero-order valence-electron chi connectivity index (χ0n) is 23.7. The summed E-state index contributed by atoms with van der Waals surface area (Å²) in [6.07, 6.45) is 2.02. The molecule has 202 valence electrons. The van der Waals surface area contributed by atoms with Crippen LogP contribution in [0.15, 0.2) is 146 Å². The van der Waals surface area contributed by atoms with Crippen molar-refractivity contribution in [3.8, 4) is 27.9 Å². The van der Waals surface area contributed by atoms with Crippen molar-refractivity contribution < 1.29 is 0 Å². The van der Waals surface area contributed by atoms with Gasteiger partial charge in [-0.05, 0) is 83.3 Å². The van der Waals surface area contributed by atoms with Crippen molar-refractivity contribution in [2.75, 3.05) is 0 Å². The molecule has 43 heavy (non-hydrogen) atoms. The molecule has 0 aliphatic rings. The maximum absolute atomic E-state index is 4.91. The lowest BCUT2D eigenvalue weighted by Crippen LogP contribution is -1.94. The average molecular weight is 550 g/mol. The maximum Gasteiger partial charge on any atom is 0.0877 e. The molecule has 0 atom stereocenters. The van der Waals surface area contributed by atoms with E-state index >= 15 is 0 Å². The molecule has 9 aromatic rings. The highest BCUT2D eigenvalue weighted by atomic mass is 15.0. The molecule has 0 unspecified atom stereocenters. The molecule has 0 bridgehead atoms. The molecule has 0 aliphatic heterocycles. The van der Waals surface area contributed by atoms with Crippen LogP contribution in [-0.4, -0.2) is 14.0 Å². The smallest absolute Gasteiger partial charge is 0.0877 e. The third-order valence-corrected chi connectivity index (χ3v) is 8.95. The fourth-order valence-corrected chi connectivity index (χ4v) is 6.83. The van der Waals surface area contributed by atoms with Crippen LogP contribution >= 0.6 is 0 Å². The van der Waals surface area contributed by atoms with Gasteiger partial charge >= 0.3 is 0 Å². The number of fused-ring (bicyclic) bond motifs is 8. The van der Waals surface area contributed by atoms with E-state index in [4.69, 9.17) is 4.98 Å². The Morgan fingerprint density at radius 2 is 1.05 bits per heavy atom. The molecular formula is C40H27N3. The molecule has 0 radical (unpaired) electrons. The summed E-state index contributed by atoms with van der Waals surface area (Å²) in [5.41, 5.74) is 14.1. The Morgan fingerprint density at radius 1 is 0.442 bits per heavy atom. The third kappa shape index (κ3) is 3.58. The van der Waals surface area contributed by atoms with Gasteiger partial charge in [0.05, 0.1) is 39.3 Å². The van der Waals surface area contributed by atoms with Crippen molar-refractivity contribution in [3.63, 3.8) is 0 Å². The molecule has 0 amide bonds. The van der Waals surface area contributed by atoms with Gasteiger partial charge in [-0.2, -0.15) is 0 Å². The quantitative estimate of drug-likeness (QED) is 0.215. The molecule has 0 aliphatic carbocycles. The molecule has 3 heterocycles. The fourth-order valence-electron chi connectivity index (χ4n) is 6.83. The zero-order valence-corrected chi connectivity index (χ0v) is 23.7. The summed E-state index contributed by atoms with van der Waals surface area (Å²) in [5, 5.41) is 3.77. The first-order chi connectivity index (χ1) is 21.2. The van der Waals surface area contributed by atoms with Crippen molar-refractivity contribution in [2.45, 2.75) is 6.92 Å². The highest BCUT2D eigenvalue weighted by Gasteiger charge is 2.15. The number of para-hydroxylation sites is 2. The van der Waals surface area contributed by atoms with Crippen LogP contribution in [0.4, 0.5) is 0 Å². The van der Waals surface area contributed by atoms with E-state index in [9.17, 15) is 0 Å². The van der Waals surface area contributed by atoms with Crippen LogP contribution in [0.25, 0.3) is 77.2 Å². The van der Waals surface area contributed by atoms with E-state index in [1.807, 2.05) is 6.20 Å². The van der Waals surface area contributed by atoms with E-state index in [1.54, 1.807) is 0 Å². The van der Waals surface area contributed by atoms with Gasteiger partial charge in [-0.3, -0.25) is 4.98 Å². The molecule has 6 aromatic carbocycles. The molecule has 0 spiro atoms. The van der Waals surface area contributed by atoms with Gasteiger partial charge in [0, 0.05) is 21.8 Å². The van der Waals surface area contributed by atoms with E-state index in [1.165, 1.54) is 60.5 Å². The van der Waals surface area contributed by atoms with E-state index in [-0.39, 0.29) is 0 Å². The summed E-state index contributed by atoms with van der Waals surface area (Å²) in [4.78, 5) is 4.91. The number of aryl methyl sites for hydroxylation is 1. The van der Waals surface area contributed by atoms with Crippen molar-refractivity contribution in [1.29, 1.82) is 0 Å². The fraction of sp³-hybridized carbons (Fsp3) is 0.0250. The van der Waals surface area contributed by atoms with Crippen molar-refractivity contribution in [1.82, 2.24) is 14.0 Å². The second kappa shape index (κ2) is 9.17. The summed E-state index contributed by atoms with van der Waals surface area (Å²) < 4.78 is 4.72. The number of aromatic nitrogens is 3. The number of nitrogens with zero attached hydrogens (tertiary/aromatic N) is 3. The predicted octanol–water partition coefficient (Wildman–Crippen LogP) is 10.4. The van der Waals surface area contributed by atoms with Crippen molar-refractivity contribution in [3.05, 3.63) is 151 Å². The Hall–Kier alpha value is -5.67. The zero-order chi connectivity index (χ0) is 28.5. The highest BCUT2D eigenvalue weighted by Crippen LogP contribution is 2.36. The van der Waals surface area contributed by atoms with Gasteiger partial charge in [0.1, 0.15) is 0 Å². The molecular weight excluding hydrogens is 522 g/mol. The molecule has 9 rings (SSSR count). The van der Waals surface area contributed by atoms with E-state index in [0.717, 1.165) is 22.2 Å². The lowest BCUT2D eigenvalue weighted by atomic mass is 10.0. The van der Waals surface area contributed by atoms with Crippen molar-refractivity contribution in [2.24, 2.45) is 0 Å². The van der Waals surface area contributed by atoms with Crippen LogP contribution in [-0.2, 0) is 0 Å². The summed E-state index contributed by atoms with van der Waals surface area (Å²) in [5.74, 6) is 0. The number of hydrogen-bond acceptors (Lipinski definition) is 1. The molecule has 0 N–H and O–H groups in total. The molecule has 3 aromatic heterocycles. The van der Waals surface area contributed by atoms with Gasteiger partial charge in [0.2, 0.25) is 0 Å². The van der Waals surface area contributed by atoms with Gasteiger partial charge in [0.15, 0.2) is 0 Å². The summed E-state index contributed by atoms with van der Waals surface area (Å²) in [7, 11) is 0. The molecule has 0 saturated carbocycles. The van der Waals surface area contributed by atoms with Crippen LogP contribution < -0.4 is 0 Å². The Balaban J connectivity index is 1.19. The van der Waals surface area contributed by atoms with Gasteiger partial charge in [-0.25, -0.2) is 0 Å². The van der Waals surface area contributed by atoms with Crippen LogP contribution in [0.3, 0.4) is 0 Å². The normalized spacial score (nSPS) is 11.8. The SMILES string of the molecule is Cc1c2ccccc2n2c1cnc1cc(-c3ccc4c(c3)c3ccccc3n4-c3ccc(-c4ccccc4)cc3)ccc12. The minimum Gasteiger partial charge on any atom is -0.309 e. The standard InChI is InChI=1S/C40H27N3/c1-26-32-11-5-7-13-36(32)43-39-22-18-30(24-35(39)41-25-40(26)43)29-17-21-38-34(23-29)33-12-6-8-14-37(33)42(38)31-19-15-28(16-20-31)27-9-3-2-4-10-27/h2-25H,1H3. The first-order valence-corrected chi connectivity index (χ1v) is 14.7. The third-order valence-electron chi connectivity index (χ3n) is 8.95. The van der Waals surface area contributed by atoms with Gasteiger partial charge in [-0.1, -0.05) is 91.0 Å². The Bertz CT molecular complexity index is 2500. The largest absolute Gasteiger partial charge is 0.309 e. The topological polar surface area (TPSA) is 22.2 Å². The van der Waals surface area contributed by atoms with E-state index in [0.29, 0.717) is 0 Å². The van der Waals surface area contributed by atoms with Crippen LogP contribution in [0.5, 0.6) is 0 Å².